The van der Waals surface area contributed by atoms with E-state index >= 15 is 0 Å². The van der Waals surface area contributed by atoms with Gasteiger partial charge in [-0.15, -0.1) is 11.3 Å². The first kappa shape index (κ1) is 60.7. The Kier molecular flexibility index (Phi) is 23.6. The SMILES string of the molecule is COc1ccc(C[C@@H](CN[C@H](CCCN=C(N)N)C(=O)O)NC(=O)[C@@H]2CCCN2C(=O)[C@H](CO)NC(=O)CNC(=O)[C@H](Cc2cccs2)NC(=O)[C@@H]2C[C@@H](O)CN2C(=O)[C@@H]2CCCN2C(=O)[C@@H](N)CCCN=C(N)N)cc1. The van der Waals surface area contributed by atoms with Crippen LogP contribution in [0.5, 0.6) is 5.75 Å². The van der Waals surface area contributed by atoms with Crippen molar-refractivity contribution in [2.24, 2.45) is 38.7 Å². The van der Waals surface area contributed by atoms with E-state index in [1.54, 1.807) is 29.6 Å². The Balaban J connectivity index is 1.19. The van der Waals surface area contributed by atoms with Crippen molar-refractivity contribution in [3.8, 4) is 5.75 Å². The van der Waals surface area contributed by atoms with Crippen LogP contribution in [0.2, 0.25) is 0 Å². The van der Waals surface area contributed by atoms with E-state index in [1.165, 1.54) is 33.1 Å². The molecule has 2 aromatic rings. The normalized spacial score (nSPS) is 20.0. The number of guanidine groups is 2. The molecular formula is C49H75N15O12S. The smallest absolute Gasteiger partial charge is 0.320 e. The van der Waals surface area contributed by atoms with Gasteiger partial charge < -0.3 is 90.0 Å². The van der Waals surface area contributed by atoms with Gasteiger partial charge in [-0.05, 0) is 86.9 Å². The molecule has 9 atom stereocenters. The summed E-state index contributed by atoms with van der Waals surface area (Å²) in [7, 11) is 1.53. The van der Waals surface area contributed by atoms with Crippen LogP contribution in [0.15, 0.2) is 51.8 Å². The lowest BCUT2D eigenvalue weighted by atomic mass is 10.0. The lowest BCUT2D eigenvalue weighted by Gasteiger charge is -2.32. The molecule has 18 N–H and O–H groups in total. The number of rotatable bonds is 29. The van der Waals surface area contributed by atoms with Crippen LogP contribution in [-0.2, 0) is 51.2 Å². The topological polar surface area (TPSA) is 431 Å². The molecule has 0 radical (unpaired) electrons. The van der Waals surface area contributed by atoms with Gasteiger partial charge in [-0.3, -0.25) is 48.3 Å². The summed E-state index contributed by atoms with van der Waals surface area (Å²) in [5.74, 6) is -5.39. The van der Waals surface area contributed by atoms with Gasteiger partial charge in [0.15, 0.2) is 11.9 Å². The number of hydrogen-bond acceptors (Lipinski definition) is 16. The molecule has 3 aliphatic heterocycles. The molecular weight excluding hydrogens is 1020 g/mol. The van der Waals surface area contributed by atoms with Gasteiger partial charge in [-0.1, -0.05) is 18.2 Å². The maximum absolute atomic E-state index is 14.1. The number of hydrogen-bond donors (Lipinski definition) is 13. The number of carbonyl (C=O) groups is 8. The van der Waals surface area contributed by atoms with Crippen LogP contribution in [0.1, 0.15) is 68.2 Å². The van der Waals surface area contributed by atoms with Crippen molar-refractivity contribution in [2.75, 3.05) is 59.5 Å². The Morgan fingerprint density at radius 3 is 2.03 bits per heavy atom. The average molecular weight is 1100 g/mol. The molecule has 1 aromatic carbocycles. The zero-order chi connectivity index (χ0) is 56.2. The second-order valence-corrected chi connectivity index (χ2v) is 20.2. The molecule has 7 amide bonds. The maximum Gasteiger partial charge on any atom is 0.320 e. The van der Waals surface area contributed by atoms with Gasteiger partial charge in [0.25, 0.3) is 0 Å². The van der Waals surface area contributed by atoms with E-state index in [4.69, 9.17) is 33.4 Å². The minimum absolute atomic E-state index is 0.0138. The molecule has 5 rings (SSSR count). The van der Waals surface area contributed by atoms with Gasteiger partial charge in [0.2, 0.25) is 41.4 Å². The molecule has 77 heavy (non-hydrogen) atoms. The fraction of sp³-hybridized carbons (Fsp3) is 0.592. The Morgan fingerprint density at radius 2 is 1.42 bits per heavy atom. The molecule has 4 heterocycles. The number of carbonyl (C=O) groups excluding carboxylic acids is 7. The van der Waals surface area contributed by atoms with E-state index in [0.717, 1.165) is 5.56 Å². The number of aliphatic hydroxyl groups is 2. The van der Waals surface area contributed by atoms with Crippen molar-refractivity contribution in [2.45, 2.75) is 125 Å². The summed E-state index contributed by atoms with van der Waals surface area (Å²) in [6, 6.07) is 2.07. The molecule has 0 spiro atoms. The van der Waals surface area contributed by atoms with E-state index in [-0.39, 0.29) is 89.7 Å². The van der Waals surface area contributed by atoms with E-state index in [2.05, 4.69) is 36.6 Å². The second-order valence-electron chi connectivity index (χ2n) is 19.2. The lowest BCUT2D eigenvalue weighted by Crippen LogP contribution is -2.58. The van der Waals surface area contributed by atoms with Gasteiger partial charge in [0.1, 0.15) is 42.0 Å². The quantitative estimate of drug-likeness (QED) is 0.0208. The fourth-order valence-electron chi connectivity index (χ4n) is 9.59. The number of nitrogens with two attached hydrogens (primary N) is 5. The Hall–Kier alpha value is -7.14. The largest absolute Gasteiger partial charge is 0.497 e. The molecule has 0 aliphatic carbocycles. The van der Waals surface area contributed by atoms with Crippen LogP contribution in [0, 0.1) is 0 Å². The third-order valence-corrected chi connectivity index (χ3v) is 14.4. The molecule has 1 aromatic heterocycles. The van der Waals surface area contributed by atoms with E-state index in [1.807, 2.05) is 12.1 Å². The number of aliphatic hydroxyl groups excluding tert-OH is 2. The molecule has 3 saturated heterocycles. The highest BCUT2D eigenvalue weighted by Gasteiger charge is 2.46. The first-order valence-electron chi connectivity index (χ1n) is 25.7. The highest BCUT2D eigenvalue weighted by Crippen LogP contribution is 2.27. The number of aliphatic imine (C=N–C) groups is 2. The predicted molar refractivity (Wildman–Crippen MR) is 283 cm³/mol. The number of thiophene rings is 1. The molecule has 424 valence electrons. The average Bonchev–Trinajstić information content (AvgIpc) is 4.27. The maximum atomic E-state index is 14.1. The van der Waals surface area contributed by atoms with Crippen LogP contribution in [0.4, 0.5) is 0 Å². The molecule has 3 fully saturated rings. The van der Waals surface area contributed by atoms with Crippen molar-refractivity contribution in [1.82, 2.24) is 41.3 Å². The number of benzene rings is 1. The summed E-state index contributed by atoms with van der Waals surface area (Å²) in [5.41, 5.74) is 28.6. The molecule has 27 nitrogen and oxygen atoms in total. The highest BCUT2D eigenvalue weighted by molar-refractivity contribution is 7.09. The number of β-amino-alcohol motifs (C(OH)–C–C–N with tert-alkyl or cyclic N) is 1. The van der Waals surface area contributed by atoms with Gasteiger partial charge in [-0.2, -0.15) is 0 Å². The number of methoxy groups -OCH3 is 1. The van der Waals surface area contributed by atoms with Crippen molar-refractivity contribution in [3.63, 3.8) is 0 Å². The zero-order valence-corrected chi connectivity index (χ0v) is 44.0. The van der Waals surface area contributed by atoms with Crippen molar-refractivity contribution in [1.29, 1.82) is 0 Å². The summed E-state index contributed by atoms with van der Waals surface area (Å²) in [6.45, 7) is -0.835. The first-order chi connectivity index (χ1) is 36.8. The van der Waals surface area contributed by atoms with Crippen molar-refractivity contribution < 1.29 is 58.4 Å². The van der Waals surface area contributed by atoms with Gasteiger partial charge in [0.05, 0.1) is 32.4 Å². The van der Waals surface area contributed by atoms with Crippen molar-refractivity contribution >= 4 is 70.6 Å². The third-order valence-electron chi connectivity index (χ3n) is 13.5. The number of ether oxygens (including phenoxy) is 1. The Labute approximate surface area is 450 Å². The van der Waals surface area contributed by atoms with Crippen LogP contribution in [0.25, 0.3) is 0 Å². The number of amides is 7. The van der Waals surface area contributed by atoms with Gasteiger partial charge >= 0.3 is 5.97 Å². The van der Waals surface area contributed by atoms with Gasteiger partial charge in [-0.25, -0.2) is 0 Å². The van der Waals surface area contributed by atoms with Crippen LogP contribution >= 0.6 is 11.3 Å². The zero-order valence-electron chi connectivity index (χ0n) is 43.2. The number of carboxylic acids is 1. The predicted octanol–water partition coefficient (Wildman–Crippen LogP) is -4.47. The Morgan fingerprint density at radius 1 is 0.779 bits per heavy atom. The second kappa shape index (κ2) is 30.0. The number of carboxylic acid groups (broad SMARTS) is 1. The van der Waals surface area contributed by atoms with Gasteiger partial charge in [0, 0.05) is 63.0 Å². The molecule has 28 heteroatoms. The molecule has 3 aliphatic rings. The third kappa shape index (κ3) is 18.3. The lowest BCUT2D eigenvalue weighted by molar-refractivity contribution is -0.147. The number of nitrogens with one attached hydrogen (secondary N) is 5. The van der Waals surface area contributed by atoms with Crippen LogP contribution in [-0.4, -0.2) is 203 Å². The highest BCUT2D eigenvalue weighted by atomic mass is 32.1. The molecule has 0 unspecified atom stereocenters. The number of likely N-dealkylation sites (tertiary alicyclic amines) is 3. The summed E-state index contributed by atoms with van der Waals surface area (Å²) < 4.78 is 5.27. The van der Waals surface area contributed by atoms with Crippen LogP contribution < -0.4 is 60.0 Å². The van der Waals surface area contributed by atoms with E-state index in [0.29, 0.717) is 42.7 Å². The first-order valence-corrected chi connectivity index (χ1v) is 26.5. The van der Waals surface area contributed by atoms with E-state index < -0.39 is 115 Å². The standard InChI is InChI=1S/C49H75N15O12S/c1-76-31-14-12-28(13-15-31)21-29(24-57-34(47(74)75)9-3-17-56-49(53)54)59-42(69)37-10-4-18-62(37)45(72)36(27-65)60-40(67)25-58-41(68)35(23-32-7-6-20-77-32)61-43(70)39-22-30(66)26-64(39)46(73)38-11-5-19-63(38)44(71)33(50)8-2-16-55-48(51)52/h6-7,12-15,20,29-30,33-39,57,65-66H,2-5,8-11,16-19,21-27,50H2,1H3,(H,58,68)(H,59,69)(H,60,67)(H,61,70)(H,74,75)(H4,51,52,55)(H4,53,54,56)/t29-,30+,33-,34+,35-,36-,37-,38-,39-/m0/s1. The van der Waals surface area contributed by atoms with Crippen LogP contribution in [0.3, 0.4) is 0 Å². The summed E-state index contributed by atoms with van der Waals surface area (Å²) in [4.78, 5) is 121. The molecule has 0 bridgehead atoms. The number of aliphatic carboxylic acids is 1. The Bertz CT molecular complexity index is 2390. The number of nitrogens with zero attached hydrogens (tertiary/aromatic N) is 5. The fourth-order valence-corrected chi connectivity index (χ4v) is 10.3. The molecule has 0 saturated carbocycles. The minimum Gasteiger partial charge on any atom is -0.497 e. The summed E-state index contributed by atoms with van der Waals surface area (Å²) in [6.07, 6.45) is 1.76. The van der Waals surface area contributed by atoms with E-state index in [9.17, 15) is 53.7 Å². The van der Waals surface area contributed by atoms with Crippen molar-refractivity contribution in [3.05, 3.63) is 52.2 Å². The summed E-state index contributed by atoms with van der Waals surface area (Å²) in [5, 5.41) is 46.4. The summed E-state index contributed by atoms with van der Waals surface area (Å²) >= 11 is 1.31. The monoisotopic (exact) mass is 1100 g/mol. The minimum atomic E-state index is -1.52.